The van der Waals surface area contributed by atoms with Crippen LogP contribution in [0.5, 0.6) is 5.75 Å². The molecule has 1 atom stereocenters. The quantitative estimate of drug-likeness (QED) is 0.399. The fraction of sp³-hybridized carbons (Fsp3) is 0.231. The van der Waals surface area contributed by atoms with Crippen LogP contribution in [0.1, 0.15) is 41.1 Å². The number of amides is 1. The van der Waals surface area contributed by atoms with Crippen molar-refractivity contribution in [2.45, 2.75) is 32.9 Å². The second-order valence-electron chi connectivity index (χ2n) is 7.64. The van der Waals surface area contributed by atoms with Crippen LogP contribution in [0.15, 0.2) is 78.9 Å². The monoisotopic (exact) mass is 413 g/mol. The summed E-state index contributed by atoms with van der Waals surface area (Å²) < 4.78 is 8.15. The molecule has 3 aromatic carbocycles. The number of imidazole rings is 1. The van der Waals surface area contributed by atoms with Crippen LogP contribution in [0.25, 0.3) is 11.0 Å². The van der Waals surface area contributed by atoms with Gasteiger partial charge in [-0.2, -0.15) is 0 Å². The molecule has 1 N–H and O–H groups in total. The second kappa shape index (κ2) is 9.47. The fourth-order valence-electron chi connectivity index (χ4n) is 3.72. The van der Waals surface area contributed by atoms with Crippen LogP contribution in [0.3, 0.4) is 0 Å². The Morgan fingerprint density at radius 1 is 1.00 bits per heavy atom. The van der Waals surface area contributed by atoms with E-state index in [1.54, 1.807) is 0 Å². The van der Waals surface area contributed by atoms with E-state index in [1.807, 2.05) is 86.6 Å². The number of para-hydroxylation sites is 3. The van der Waals surface area contributed by atoms with Gasteiger partial charge in [0.1, 0.15) is 11.6 Å². The first-order valence-electron chi connectivity index (χ1n) is 10.6. The molecule has 5 heteroatoms. The Morgan fingerprint density at radius 2 is 1.71 bits per heavy atom. The maximum absolute atomic E-state index is 12.6. The summed E-state index contributed by atoms with van der Waals surface area (Å²) in [7, 11) is 0. The predicted octanol–water partition coefficient (Wildman–Crippen LogP) is 5.30. The molecule has 0 aliphatic heterocycles. The van der Waals surface area contributed by atoms with E-state index in [2.05, 4.69) is 16.0 Å². The zero-order chi connectivity index (χ0) is 21.6. The molecule has 0 saturated carbocycles. The number of benzene rings is 3. The number of hydrogen-bond acceptors (Lipinski definition) is 3. The molecule has 0 aliphatic carbocycles. The summed E-state index contributed by atoms with van der Waals surface area (Å²) in [6.45, 7) is 5.39. The molecule has 0 fully saturated rings. The third-order valence-corrected chi connectivity index (χ3v) is 5.33. The Morgan fingerprint density at radius 3 is 2.52 bits per heavy atom. The molecule has 0 aliphatic rings. The molecule has 0 bridgehead atoms. The Labute approximate surface area is 182 Å². The van der Waals surface area contributed by atoms with Gasteiger partial charge in [-0.3, -0.25) is 4.79 Å². The summed E-state index contributed by atoms with van der Waals surface area (Å²) in [4.78, 5) is 17.5. The average molecular weight is 414 g/mol. The highest BCUT2D eigenvalue weighted by Crippen LogP contribution is 2.22. The molecule has 0 saturated heterocycles. The van der Waals surface area contributed by atoms with Gasteiger partial charge in [0.25, 0.3) is 5.91 Å². The van der Waals surface area contributed by atoms with E-state index in [1.165, 1.54) is 0 Å². The van der Waals surface area contributed by atoms with Gasteiger partial charge >= 0.3 is 0 Å². The maximum atomic E-state index is 12.6. The molecule has 4 rings (SSSR count). The number of carbonyl (C=O) groups is 1. The number of hydrogen-bond donors (Lipinski definition) is 1. The van der Waals surface area contributed by atoms with E-state index in [0.29, 0.717) is 12.2 Å². The summed E-state index contributed by atoms with van der Waals surface area (Å²) in [5.41, 5.74) is 3.77. The highest BCUT2D eigenvalue weighted by atomic mass is 16.5. The van der Waals surface area contributed by atoms with Crippen molar-refractivity contribution >= 4 is 16.9 Å². The van der Waals surface area contributed by atoms with Crippen molar-refractivity contribution in [1.82, 2.24) is 14.9 Å². The lowest BCUT2D eigenvalue weighted by atomic mass is 10.2. The summed E-state index contributed by atoms with van der Waals surface area (Å²) in [6.07, 6.45) is 0.834. The lowest BCUT2D eigenvalue weighted by Gasteiger charge is -2.17. The van der Waals surface area contributed by atoms with Gasteiger partial charge in [-0.1, -0.05) is 48.5 Å². The molecule has 0 spiro atoms. The van der Waals surface area contributed by atoms with Crippen molar-refractivity contribution in [3.8, 4) is 5.75 Å². The van der Waals surface area contributed by atoms with Crippen molar-refractivity contribution in [2.75, 3.05) is 6.61 Å². The molecule has 31 heavy (non-hydrogen) atoms. The number of rotatable bonds is 8. The van der Waals surface area contributed by atoms with Crippen LogP contribution in [0.4, 0.5) is 0 Å². The Bertz CT molecular complexity index is 1170. The van der Waals surface area contributed by atoms with Crippen LogP contribution in [-0.2, 0) is 6.54 Å². The average Bonchev–Trinajstić information content (AvgIpc) is 3.17. The number of fused-ring (bicyclic) bond motifs is 1. The minimum atomic E-state index is -0.225. The summed E-state index contributed by atoms with van der Waals surface area (Å²) in [5, 5.41) is 3.08. The molecular weight excluding hydrogens is 386 g/mol. The fourth-order valence-corrected chi connectivity index (χ4v) is 3.72. The lowest BCUT2D eigenvalue weighted by molar-refractivity contribution is 0.0937. The summed E-state index contributed by atoms with van der Waals surface area (Å²) >= 11 is 0. The van der Waals surface area contributed by atoms with Gasteiger partial charge in [-0.15, -0.1) is 0 Å². The number of carbonyl (C=O) groups excluding carboxylic acids is 1. The molecule has 4 aromatic rings. The molecule has 1 amide bonds. The van der Waals surface area contributed by atoms with Gasteiger partial charge in [-0.05, 0) is 56.2 Å². The first kappa shape index (κ1) is 20.7. The molecule has 1 unspecified atom stereocenters. The lowest BCUT2D eigenvalue weighted by Crippen LogP contribution is -2.28. The Kier molecular flexibility index (Phi) is 6.32. The van der Waals surface area contributed by atoms with Crippen molar-refractivity contribution < 1.29 is 9.53 Å². The largest absolute Gasteiger partial charge is 0.493 e. The topological polar surface area (TPSA) is 56.1 Å². The van der Waals surface area contributed by atoms with Gasteiger partial charge < -0.3 is 14.6 Å². The SMILES string of the molecule is Cc1ccccc1OCCCn1c(C(C)NC(=O)c2ccccc2)nc2ccccc21. The van der Waals surface area contributed by atoms with Gasteiger partial charge in [0.05, 0.1) is 23.7 Å². The van der Waals surface area contributed by atoms with E-state index in [4.69, 9.17) is 9.72 Å². The maximum Gasteiger partial charge on any atom is 0.251 e. The van der Waals surface area contributed by atoms with Crippen molar-refractivity contribution in [3.63, 3.8) is 0 Å². The van der Waals surface area contributed by atoms with Gasteiger partial charge in [0, 0.05) is 12.1 Å². The van der Waals surface area contributed by atoms with Crippen molar-refractivity contribution in [1.29, 1.82) is 0 Å². The van der Waals surface area contributed by atoms with E-state index >= 15 is 0 Å². The summed E-state index contributed by atoms with van der Waals surface area (Å²) in [5.74, 6) is 1.66. The normalized spacial score (nSPS) is 11.9. The zero-order valence-electron chi connectivity index (χ0n) is 17.9. The number of aryl methyl sites for hydroxylation is 2. The van der Waals surface area contributed by atoms with Crippen molar-refractivity contribution in [3.05, 3.63) is 95.8 Å². The molecular formula is C26H27N3O2. The number of aromatic nitrogens is 2. The van der Waals surface area contributed by atoms with Crippen LogP contribution in [-0.4, -0.2) is 22.1 Å². The molecule has 1 aromatic heterocycles. The highest BCUT2D eigenvalue weighted by Gasteiger charge is 2.19. The number of nitrogens with one attached hydrogen (secondary N) is 1. The van der Waals surface area contributed by atoms with Crippen LogP contribution in [0.2, 0.25) is 0 Å². The summed E-state index contributed by atoms with van der Waals surface area (Å²) in [6, 6.07) is 25.1. The van der Waals surface area contributed by atoms with Gasteiger partial charge in [-0.25, -0.2) is 4.98 Å². The van der Waals surface area contributed by atoms with Crippen LogP contribution >= 0.6 is 0 Å². The van der Waals surface area contributed by atoms with E-state index < -0.39 is 0 Å². The third kappa shape index (κ3) is 4.77. The Balaban J connectivity index is 1.49. The first-order chi connectivity index (χ1) is 15.1. The van der Waals surface area contributed by atoms with E-state index in [-0.39, 0.29) is 11.9 Å². The van der Waals surface area contributed by atoms with Crippen LogP contribution < -0.4 is 10.1 Å². The smallest absolute Gasteiger partial charge is 0.251 e. The second-order valence-corrected chi connectivity index (χ2v) is 7.64. The molecule has 0 radical (unpaired) electrons. The van der Waals surface area contributed by atoms with Crippen molar-refractivity contribution in [2.24, 2.45) is 0 Å². The van der Waals surface area contributed by atoms with Gasteiger partial charge in [0.15, 0.2) is 0 Å². The minimum Gasteiger partial charge on any atom is -0.493 e. The third-order valence-electron chi connectivity index (χ3n) is 5.33. The number of ether oxygens (including phenoxy) is 1. The van der Waals surface area contributed by atoms with E-state index in [9.17, 15) is 4.79 Å². The van der Waals surface area contributed by atoms with Crippen LogP contribution in [0, 0.1) is 6.92 Å². The zero-order valence-corrected chi connectivity index (χ0v) is 17.9. The first-order valence-corrected chi connectivity index (χ1v) is 10.6. The molecule has 158 valence electrons. The molecule has 1 heterocycles. The van der Waals surface area contributed by atoms with E-state index in [0.717, 1.165) is 41.1 Å². The van der Waals surface area contributed by atoms with Gasteiger partial charge in [0.2, 0.25) is 0 Å². The molecule has 5 nitrogen and oxygen atoms in total. The Hall–Kier alpha value is -3.60. The number of nitrogens with zero attached hydrogens (tertiary/aromatic N) is 2. The highest BCUT2D eigenvalue weighted by molar-refractivity contribution is 5.94. The predicted molar refractivity (Wildman–Crippen MR) is 123 cm³/mol. The standard InChI is InChI=1S/C26H27N3O2/c1-19-11-6-9-16-24(19)31-18-10-17-29-23-15-8-7-14-22(23)28-25(29)20(2)27-26(30)21-12-4-3-5-13-21/h3-9,11-16,20H,10,17-18H2,1-2H3,(H,27,30). The minimum absolute atomic E-state index is 0.102.